The molecule has 0 radical (unpaired) electrons. The monoisotopic (exact) mass is 398 g/mol. The van der Waals surface area contributed by atoms with Crippen LogP contribution in [0.3, 0.4) is 0 Å². The van der Waals surface area contributed by atoms with Crippen molar-refractivity contribution in [2.75, 3.05) is 47.5 Å². The third-order valence-electron chi connectivity index (χ3n) is 5.05. The molecule has 0 N–H and O–H groups in total. The van der Waals surface area contributed by atoms with Gasteiger partial charge in [-0.15, -0.1) is 0 Å². The fourth-order valence-electron chi connectivity index (χ4n) is 3.54. The summed E-state index contributed by atoms with van der Waals surface area (Å²) in [6.07, 6.45) is 0.685. The van der Waals surface area contributed by atoms with Crippen molar-refractivity contribution in [2.24, 2.45) is 0 Å². The molecule has 7 nitrogen and oxygen atoms in total. The molecule has 1 aliphatic rings. The first-order valence-corrected chi connectivity index (χ1v) is 9.53. The molecule has 1 fully saturated rings. The number of para-hydroxylation sites is 1. The quantitative estimate of drug-likeness (QED) is 0.775. The maximum Gasteiger partial charge on any atom is 0.261 e. The van der Waals surface area contributed by atoms with E-state index in [0.717, 1.165) is 0 Å². The molecule has 0 spiro atoms. The lowest BCUT2D eigenvalue weighted by molar-refractivity contribution is 0.0713. The topological polar surface area (TPSA) is 68.3 Å². The first-order chi connectivity index (χ1) is 14.1. The van der Waals surface area contributed by atoms with Gasteiger partial charge >= 0.3 is 0 Å². The van der Waals surface area contributed by atoms with E-state index in [-0.39, 0.29) is 11.8 Å². The van der Waals surface area contributed by atoms with Crippen LogP contribution in [-0.4, -0.2) is 69.1 Å². The van der Waals surface area contributed by atoms with Crippen molar-refractivity contribution < 1.29 is 23.8 Å². The van der Waals surface area contributed by atoms with Crippen LogP contribution in [0.1, 0.15) is 27.1 Å². The van der Waals surface area contributed by atoms with E-state index in [1.54, 1.807) is 47.2 Å². The van der Waals surface area contributed by atoms with E-state index < -0.39 is 0 Å². The minimum Gasteiger partial charge on any atom is -0.496 e. The van der Waals surface area contributed by atoms with Gasteiger partial charge in [-0.3, -0.25) is 9.59 Å². The van der Waals surface area contributed by atoms with Crippen molar-refractivity contribution in [1.29, 1.82) is 0 Å². The normalized spacial score (nSPS) is 14.2. The van der Waals surface area contributed by atoms with E-state index in [1.165, 1.54) is 14.2 Å². The van der Waals surface area contributed by atoms with Gasteiger partial charge in [0.1, 0.15) is 22.8 Å². The number of ether oxygens (including phenoxy) is 3. The summed E-state index contributed by atoms with van der Waals surface area (Å²) >= 11 is 0. The van der Waals surface area contributed by atoms with Gasteiger partial charge in [-0.1, -0.05) is 18.2 Å². The van der Waals surface area contributed by atoms with E-state index in [4.69, 9.17) is 14.2 Å². The van der Waals surface area contributed by atoms with Crippen molar-refractivity contribution in [3.05, 3.63) is 53.6 Å². The van der Waals surface area contributed by atoms with Gasteiger partial charge in [0.05, 0.1) is 26.9 Å². The highest BCUT2D eigenvalue weighted by Gasteiger charge is 2.28. The fourth-order valence-corrected chi connectivity index (χ4v) is 3.54. The lowest BCUT2D eigenvalue weighted by Crippen LogP contribution is -2.37. The Balaban J connectivity index is 1.77. The van der Waals surface area contributed by atoms with Gasteiger partial charge in [-0.2, -0.15) is 0 Å². The first kappa shape index (κ1) is 20.5. The predicted octanol–water partition coefficient (Wildman–Crippen LogP) is 2.70. The van der Waals surface area contributed by atoms with Gasteiger partial charge < -0.3 is 24.0 Å². The Labute approximate surface area is 170 Å². The van der Waals surface area contributed by atoms with E-state index in [1.807, 2.05) is 12.1 Å². The van der Waals surface area contributed by atoms with Crippen LogP contribution in [-0.2, 0) is 0 Å². The maximum atomic E-state index is 13.2. The van der Waals surface area contributed by atoms with Crippen molar-refractivity contribution >= 4 is 11.8 Å². The number of benzene rings is 2. The number of nitrogens with zero attached hydrogens (tertiary/aromatic N) is 2. The molecule has 1 aliphatic heterocycles. The highest BCUT2D eigenvalue weighted by molar-refractivity contribution is 6.00. The molecule has 29 heavy (non-hydrogen) atoms. The molecule has 0 aromatic heterocycles. The number of rotatable bonds is 5. The summed E-state index contributed by atoms with van der Waals surface area (Å²) in [5, 5.41) is 0. The van der Waals surface area contributed by atoms with Crippen LogP contribution in [0.2, 0.25) is 0 Å². The van der Waals surface area contributed by atoms with Crippen LogP contribution in [0.5, 0.6) is 17.2 Å². The third kappa shape index (κ3) is 4.29. The number of methoxy groups -OCH3 is 3. The Morgan fingerprint density at radius 3 is 1.79 bits per heavy atom. The Hall–Kier alpha value is -3.22. The zero-order chi connectivity index (χ0) is 20.8. The molecule has 0 unspecified atom stereocenters. The summed E-state index contributed by atoms with van der Waals surface area (Å²) < 4.78 is 16.1. The van der Waals surface area contributed by atoms with Crippen molar-refractivity contribution in [2.45, 2.75) is 6.42 Å². The smallest absolute Gasteiger partial charge is 0.261 e. The molecule has 1 heterocycles. The van der Waals surface area contributed by atoms with Crippen LogP contribution in [0, 0.1) is 0 Å². The van der Waals surface area contributed by atoms with Crippen LogP contribution >= 0.6 is 0 Å². The van der Waals surface area contributed by atoms with Crippen LogP contribution in [0.15, 0.2) is 42.5 Å². The molecule has 2 aromatic rings. The molecule has 3 rings (SSSR count). The second-order valence-corrected chi connectivity index (χ2v) is 6.68. The lowest BCUT2D eigenvalue weighted by Gasteiger charge is -2.24. The zero-order valence-electron chi connectivity index (χ0n) is 17.0. The van der Waals surface area contributed by atoms with E-state index in [9.17, 15) is 9.59 Å². The molecular weight excluding hydrogens is 372 g/mol. The minimum absolute atomic E-state index is 0.0911. The number of hydrogen-bond donors (Lipinski definition) is 0. The number of carbonyl (C=O) groups is 2. The standard InChI is InChI=1S/C22H26N2O5/c1-27-17-9-5-4-8-16(17)21(25)23-12-7-13-24(15-14-23)22(26)20-18(28-2)10-6-11-19(20)29-3/h4-6,8-11H,7,12-15H2,1-3H3. The molecule has 154 valence electrons. The Morgan fingerprint density at radius 2 is 1.21 bits per heavy atom. The fraction of sp³-hybridized carbons (Fsp3) is 0.364. The Bertz CT molecular complexity index is 861. The molecule has 2 aromatic carbocycles. The van der Waals surface area contributed by atoms with Gasteiger partial charge in [0.2, 0.25) is 0 Å². The second kappa shape index (κ2) is 9.32. The summed E-state index contributed by atoms with van der Waals surface area (Å²) in [7, 11) is 4.61. The molecule has 0 saturated carbocycles. The Kier molecular flexibility index (Phi) is 6.59. The number of amides is 2. The summed E-state index contributed by atoms with van der Waals surface area (Å²) in [5.74, 6) is 1.24. The highest BCUT2D eigenvalue weighted by atomic mass is 16.5. The zero-order valence-corrected chi connectivity index (χ0v) is 17.0. The van der Waals surface area contributed by atoms with E-state index in [0.29, 0.717) is 61.0 Å². The third-order valence-corrected chi connectivity index (χ3v) is 5.05. The summed E-state index contributed by atoms with van der Waals surface area (Å²) in [6.45, 7) is 2.00. The van der Waals surface area contributed by atoms with Crippen LogP contribution in [0.25, 0.3) is 0 Å². The molecule has 0 atom stereocenters. The Morgan fingerprint density at radius 1 is 0.690 bits per heavy atom. The van der Waals surface area contributed by atoms with Gasteiger partial charge in [-0.25, -0.2) is 0 Å². The molecule has 2 amide bonds. The van der Waals surface area contributed by atoms with Gasteiger partial charge in [0.15, 0.2) is 0 Å². The molecule has 0 bridgehead atoms. The molecule has 7 heteroatoms. The summed E-state index contributed by atoms with van der Waals surface area (Å²) in [4.78, 5) is 29.7. The SMILES string of the molecule is COc1ccccc1C(=O)N1CCCN(C(=O)c2c(OC)cccc2OC)CC1. The van der Waals surface area contributed by atoms with Crippen LogP contribution < -0.4 is 14.2 Å². The van der Waals surface area contributed by atoms with E-state index in [2.05, 4.69) is 0 Å². The van der Waals surface area contributed by atoms with Crippen molar-refractivity contribution in [1.82, 2.24) is 9.80 Å². The van der Waals surface area contributed by atoms with Gasteiger partial charge in [0.25, 0.3) is 11.8 Å². The maximum absolute atomic E-state index is 13.2. The number of carbonyl (C=O) groups excluding carboxylic acids is 2. The van der Waals surface area contributed by atoms with Gasteiger partial charge in [0, 0.05) is 26.2 Å². The molecule has 0 aliphatic carbocycles. The van der Waals surface area contributed by atoms with Crippen LogP contribution in [0.4, 0.5) is 0 Å². The first-order valence-electron chi connectivity index (χ1n) is 9.53. The average Bonchev–Trinajstić information content (AvgIpc) is 3.03. The molecule has 1 saturated heterocycles. The summed E-state index contributed by atoms with van der Waals surface area (Å²) in [5.41, 5.74) is 0.933. The van der Waals surface area contributed by atoms with Gasteiger partial charge in [-0.05, 0) is 30.7 Å². The average molecular weight is 398 g/mol. The highest BCUT2D eigenvalue weighted by Crippen LogP contribution is 2.30. The predicted molar refractivity (Wildman–Crippen MR) is 109 cm³/mol. The lowest BCUT2D eigenvalue weighted by atomic mass is 10.1. The molecular formula is C22H26N2O5. The largest absolute Gasteiger partial charge is 0.496 e. The van der Waals surface area contributed by atoms with E-state index >= 15 is 0 Å². The number of hydrogen-bond acceptors (Lipinski definition) is 5. The van der Waals surface area contributed by atoms with Crippen molar-refractivity contribution in [3.63, 3.8) is 0 Å². The second-order valence-electron chi connectivity index (χ2n) is 6.68. The summed E-state index contributed by atoms with van der Waals surface area (Å²) in [6, 6.07) is 12.4. The minimum atomic E-state index is -0.161. The van der Waals surface area contributed by atoms with Crippen molar-refractivity contribution in [3.8, 4) is 17.2 Å².